The van der Waals surface area contributed by atoms with Crippen molar-refractivity contribution >= 4 is 11.6 Å². The highest BCUT2D eigenvalue weighted by Gasteiger charge is 2.08. The lowest BCUT2D eigenvalue weighted by Gasteiger charge is -2.11. The highest BCUT2D eigenvalue weighted by molar-refractivity contribution is 6.32. The molecule has 20 heavy (non-hydrogen) atoms. The summed E-state index contributed by atoms with van der Waals surface area (Å²) in [6.07, 6.45) is 0. The molecule has 0 aromatic heterocycles. The molecule has 2 nitrogen and oxygen atoms in total. The Hall–Kier alpha value is -1.65. The first-order valence-corrected chi connectivity index (χ1v) is 6.47. The molecule has 2 aromatic rings. The third-order valence-corrected chi connectivity index (χ3v) is 3.17. The molecule has 0 fully saturated rings. The molecule has 106 valence electrons. The molecule has 1 atom stereocenters. The molecule has 2 rings (SSSR count). The van der Waals surface area contributed by atoms with Gasteiger partial charge in [-0.1, -0.05) is 17.7 Å². The Morgan fingerprint density at radius 2 is 1.95 bits per heavy atom. The summed E-state index contributed by atoms with van der Waals surface area (Å²) in [5, 5.41) is 0.386. The van der Waals surface area contributed by atoms with Crippen LogP contribution in [0.2, 0.25) is 5.02 Å². The first-order valence-electron chi connectivity index (χ1n) is 6.09. The number of rotatable bonds is 4. The lowest BCUT2D eigenvalue weighted by molar-refractivity contribution is 0.299. The summed E-state index contributed by atoms with van der Waals surface area (Å²) >= 11 is 6.06. The predicted molar refractivity (Wildman–Crippen MR) is 74.7 cm³/mol. The van der Waals surface area contributed by atoms with E-state index in [1.807, 2.05) is 6.92 Å². The molecular formula is C15H14ClF2NO. The van der Waals surface area contributed by atoms with Gasteiger partial charge in [0.2, 0.25) is 0 Å². The average Bonchev–Trinajstić information content (AvgIpc) is 2.40. The molecule has 0 aliphatic heterocycles. The minimum Gasteiger partial charge on any atom is -0.487 e. The Bertz CT molecular complexity index is 617. The molecule has 5 heteroatoms. The summed E-state index contributed by atoms with van der Waals surface area (Å²) in [4.78, 5) is 0. The fraction of sp³-hybridized carbons (Fsp3) is 0.200. The van der Waals surface area contributed by atoms with Gasteiger partial charge in [-0.25, -0.2) is 8.78 Å². The van der Waals surface area contributed by atoms with Gasteiger partial charge in [0.1, 0.15) is 24.0 Å². The second-order valence-electron chi connectivity index (χ2n) is 4.50. The van der Waals surface area contributed by atoms with Gasteiger partial charge < -0.3 is 10.5 Å². The van der Waals surface area contributed by atoms with E-state index >= 15 is 0 Å². The normalized spacial score (nSPS) is 12.2. The highest BCUT2D eigenvalue weighted by Crippen LogP contribution is 2.28. The van der Waals surface area contributed by atoms with E-state index < -0.39 is 11.6 Å². The Morgan fingerprint density at radius 3 is 2.60 bits per heavy atom. The molecule has 0 bridgehead atoms. The summed E-state index contributed by atoms with van der Waals surface area (Å²) in [6, 6.07) is 8.23. The molecule has 0 saturated heterocycles. The van der Waals surface area contributed by atoms with Gasteiger partial charge in [-0.15, -0.1) is 0 Å². The zero-order valence-electron chi connectivity index (χ0n) is 10.9. The fourth-order valence-electron chi connectivity index (χ4n) is 1.73. The molecule has 0 heterocycles. The third-order valence-electron chi connectivity index (χ3n) is 2.87. The zero-order valence-corrected chi connectivity index (χ0v) is 11.6. The average molecular weight is 298 g/mol. The number of benzene rings is 2. The number of nitrogens with two attached hydrogens (primary N) is 1. The van der Waals surface area contributed by atoms with Crippen molar-refractivity contribution in [2.75, 3.05) is 0 Å². The SMILES string of the molecule is C[C@@H](N)c1ccc(OCc2cc(F)ccc2F)c(Cl)c1. The van der Waals surface area contributed by atoms with Crippen molar-refractivity contribution in [3.63, 3.8) is 0 Å². The van der Waals surface area contributed by atoms with Crippen LogP contribution in [0.15, 0.2) is 36.4 Å². The van der Waals surface area contributed by atoms with Crippen molar-refractivity contribution in [3.05, 3.63) is 64.2 Å². The maximum atomic E-state index is 13.4. The second kappa shape index (κ2) is 6.20. The lowest BCUT2D eigenvalue weighted by atomic mass is 10.1. The molecule has 2 aromatic carbocycles. The van der Waals surface area contributed by atoms with Gasteiger partial charge in [0.25, 0.3) is 0 Å². The van der Waals surface area contributed by atoms with Crippen molar-refractivity contribution in [2.45, 2.75) is 19.6 Å². The van der Waals surface area contributed by atoms with Crippen molar-refractivity contribution in [2.24, 2.45) is 5.73 Å². The van der Waals surface area contributed by atoms with E-state index in [1.165, 1.54) is 0 Å². The molecule has 2 N–H and O–H groups in total. The van der Waals surface area contributed by atoms with Crippen LogP contribution >= 0.6 is 11.6 Å². The van der Waals surface area contributed by atoms with Crippen LogP contribution in [-0.4, -0.2) is 0 Å². The monoisotopic (exact) mass is 297 g/mol. The maximum absolute atomic E-state index is 13.4. The molecular weight excluding hydrogens is 284 g/mol. The molecule has 0 radical (unpaired) electrons. The van der Waals surface area contributed by atoms with E-state index in [-0.39, 0.29) is 18.2 Å². The Kier molecular flexibility index (Phi) is 4.57. The van der Waals surface area contributed by atoms with Crippen molar-refractivity contribution in [1.82, 2.24) is 0 Å². The topological polar surface area (TPSA) is 35.2 Å². The van der Waals surface area contributed by atoms with Crippen molar-refractivity contribution < 1.29 is 13.5 Å². The number of ether oxygens (including phenoxy) is 1. The van der Waals surface area contributed by atoms with Crippen LogP contribution in [0, 0.1) is 11.6 Å². The standard InChI is InChI=1S/C15H14ClF2NO/c1-9(19)10-2-5-15(13(16)7-10)20-8-11-6-12(17)3-4-14(11)18/h2-7,9H,8,19H2,1H3/t9-/m1/s1. The maximum Gasteiger partial charge on any atom is 0.138 e. The molecule has 0 amide bonds. The summed E-state index contributed by atoms with van der Waals surface area (Å²) in [7, 11) is 0. The molecule has 0 unspecified atom stereocenters. The number of halogens is 3. The lowest BCUT2D eigenvalue weighted by Crippen LogP contribution is -2.05. The molecule has 0 spiro atoms. The second-order valence-corrected chi connectivity index (χ2v) is 4.91. The van der Waals surface area contributed by atoms with Crippen molar-refractivity contribution in [3.8, 4) is 5.75 Å². The smallest absolute Gasteiger partial charge is 0.138 e. The zero-order chi connectivity index (χ0) is 14.7. The number of hydrogen-bond donors (Lipinski definition) is 1. The third kappa shape index (κ3) is 3.46. The van der Waals surface area contributed by atoms with Gasteiger partial charge in [0, 0.05) is 11.6 Å². The largest absolute Gasteiger partial charge is 0.487 e. The van der Waals surface area contributed by atoms with Crippen LogP contribution in [0.25, 0.3) is 0 Å². The van der Waals surface area contributed by atoms with Gasteiger partial charge in [0.05, 0.1) is 5.02 Å². The van der Waals surface area contributed by atoms with E-state index in [9.17, 15) is 8.78 Å². The summed E-state index contributed by atoms with van der Waals surface area (Å²) in [5.41, 5.74) is 6.75. The van der Waals surface area contributed by atoms with Gasteiger partial charge in [-0.3, -0.25) is 0 Å². The van der Waals surface area contributed by atoms with Crippen molar-refractivity contribution in [1.29, 1.82) is 0 Å². The minimum absolute atomic E-state index is 0.0964. The number of hydrogen-bond acceptors (Lipinski definition) is 2. The van der Waals surface area contributed by atoms with Gasteiger partial charge in [-0.2, -0.15) is 0 Å². The summed E-state index contributed by atoms with van der Waals surface area (Å²) in [5.74, 6) is -0.627. The van der Waals surface area contributed by atoms with Gasteiger partial charge in [-0.05, 0) is 42.8 Å². The Labute approximate surface area is 121 Å². The quantitative estimate of drug-likeness (QED) is 0.917. The molecule has 0 saturated carbocycles. The van der Waals surface area contributed by atoms with Gasteiger partial charge in [0.15, 0.2) is 0 Å². The van der Waals surface area contributed by atoms with Crippen LogP contribution in [0.1, 0.15) is 24.1 Å². The van der Waals surface area contributed by atoms with Crippen LogP contribution in [0.5, 0.6) is 5.75 Å². The van der Waals surface area contributed by atoms with E-state index in [1.54, 1.807) is 18.2 Å². The van der Waals surface area contributed by atoms with E-state index in [0.717, 1.165) is 23.8 Å². The highest BCUT2D eigenvalue weighted by atomic mass is 35.5. The van der Waals surface area contributed by atoms with E-state index in [0.29, 0.717) is 10.8 Å². The Balaban J connectivity index is 2.13. The first-order chi connectivity index (χ1) is 9.47. The summed E-state index contributed by atoms with van der Waals surface area (Å²) < 4.78 is 31.9. The summed E-state index contributed by atoms with van der Waals surface area (Å²) in [6.45, 7) is 1.75. The first kappa shape index (κ1) is 14.8. The van der Waals surface area contributed by atoms with E-state index in [2.05, 4.69) is 0 Å². The predicted octanol–water partition coefficient (Wildman–Crippen LogP) is 4.22. The van der Waals surface area contributed by atoms with Crippen LogP contribution < -0.4 is 10.5 Å². The van der Waals surface area contributed by atoms with E-state index in [4.69, 9.17) is 22.1 Å². The van der Waals surface area contributed by atoms with Crippen LogP contribution in [0.3, 0.4) is 0 Å². The molecule has 0 aliphatic rings. The van der Waals surface area contributed by atoms with Crippen LogP contribution in [-0.2, 0) is 6.61 Å². The Morgan fingerprint density at radius 1 is 1.20 bits per heavy atom. The molecule has 0 aliphatic carbocycles. The fourth-order valence-corrected chi connectivity index (χ4v) is 1.97. The minimum atomic E-state index is -0.519. The van der Waals surface area contributed by atoms with Gasteiger partial charge >= 0.3 is 0 Å². The van der Waals surface area contributed by atoms with Crippen LogP contribution in [0.4, 0.5) is 8.78 Å².